The first-order valence-corrected chi connectivity index (χ1v) is 9.72. The van der Waals surface area contributed by atoms with Crippen molar-refractivity contribution in [2.24, 2.45) is 11.8 Å². The van der Waals surface area contributed by atoms with Gasteiger partial charge in [0.15, 0.2) is 0 Å². The summed E-state index contributed by atoms with van der Waals surface area (Å²) < 4.78 is 0. The quantitative estimate of drug-likeness (QED) is 0.820. The molecule has 0 radical (unpaired) electrons. The minimum atomic E-state index is -0.0155. The van der Waals surface area contributed by atoms with Crippen LogP contribution in [0.25, 0.3) is 0 Å². The summed E-state index contributed by atoms with van der Waals surface area (Å²) in [4.78, 5) is 28.9. The summed E-state index contributed by atoms with van der Waals surface area (Å²) in [5, 5.41) is 5.99. The first kappa shape index (κ1) is 19.1. The number of nitrogens with zero attached hydrogens (tertiary/aromatic N) is 1. The minimum absolute atomic E-state index is 0.00504. The Balaban J connectivity index is 1.43. The number of nitrogens with one attached hydrogen (secondary N) is 2. The second-order valence-electron chi connectivity index (χ2n) is 7.17. The van der Waals surface area contributed by atoms with Crippen molar-refractivity contribution in [1.29, 1.82) is 0 Å². The topological polar surface area (TPSA) is 71.1 Å². The van der Waals surface area contributed by atoms with Crippen LogP contribution in [0.5, 0.6) is 0 Å². The van der Waals surface area contributed by atoms with Gasteiger partial charge in [0, 0.05) is 36.5 Å². The number of anilines is 1. The SMILES string of the molecule is CCc1ccc(NC(=O)C2CCC(C(=O)NCc3cccnc3)CC2)cc1. The highest BCUT2D eigenvalue weighted by atomic mass is 16.2. The van der Waals surface area contributed by atoms with Gasteiger partial charge >= 0.3 is 0 Å². The molecule has 3 rings (SSSR count). The molecule has 0 bridgehead atoms. The second-order valence-corrected chi connectivity index (χ2v) is 7.17. The van der Waals surface area contributed by atoms with Crippen molar-refractivity contribution >= 4 is 17.5 Å². The van der Waals surface area contributed by atoms with E-state index in [-0.39, 0.29) is 23.7 Å². The fraction of sp³-hybridized carbons (Fsp3) is 0.409. The van der Waals surface area contributed by atoms with Crippen molar-refractivity contribution in [1.82, 2.24) is 10.3 Å². The average molecular weight is 365 g/mol. The number of rotatable bonds is 6. The van der Waals surface area contributed by atoms with Crippen molar-refractivity contribution in [2.45, 2.75) is 45.6 Å². The molecule has 27 heavy (non-hydrogen) atoms. The van der Waals surface area contributed by atoms with E-state index < -0.39 is 0 Å². The Morgan fingerprint density at radius 3 is 2.22 bits per heavy atom. The van der Waals surface area contributed by atoms with Crippen LogP contribution in [-0.2, 0) is 22.6 Å². The number of hydrogen-bond donors (Lipinski definition) is 2. The summed E-state index contributed by atoms with van der Waals surface area (Å²) in [6.45, 7) is 2.61. The fourth-order valence-corrected chi connectivity index (χ4v) is 3.52. The number of aromatic nitrogens is 1. The van der Waals surface area contributed by atoms with Crippen LogP contribution in [0.4, 0.5) is 5.69 Å². The third kappa shape index (κ3) is 5.39. The lowest BCUT2D eigenvalue weighted by atomic mass is 9.81. The Labute approximate surface area is 160 Å². The van der Waals surface area contributed by atoms with Crippen LogP contribution in [0.2, 0.25) is 0 Å². The number of pyridine rings is 1. The van der Waals surface area contributed by atoms with Crippen molar-refractivity contribution in [3.05, 3.63) is 59.9 Å². The number of carbonyl (C=O) groups excluding carboxylic acids is 2. The molecule has 5 heteroatoms. The molecule has 0 saturated heterocycles. The number of aryl methyl sites for hydroxylation is 1. The highest BCUT2D eigenvalue weighted by molar-refractivity contribution is 5.92. The molecule has 1 aromatic carbocycles. The standard InChI is InChI=1S/C22H27N3O2/c1-2-16-5-11-20(12-6-16)25-22(27)19-9-7-18(8-10-19)21(26)24-15-17-4-3-13-23-14-17/h3-6,11-14,18-19H,2,7-10,15H2,1H3,(H,24,26)(H,25,27). The summed E-state index contributed by atoms with van der Waals surface area (Å²) in [6, 6.07) is 11.8. The molecule has 5 nitrogen and oxygen atoms in total. The molecule has 1 saturated carbocycles. The lowest BCUT2D eigenvalue weighted by Crippen LogP contribution is -2.35. The van der Waals surface area contributed by atoms with Gasteiger partial charge in [-0.3, -0.25) is 14.6 Å². The summed E-state index contributed by atoms with van der Waals surface area (Å²) >= 11 is 0. The van der Waals surface area contributed by atoms with Crippen LogP contribution in [0.15, 0.2) is 48.8 Å². The molecule has 1 aliphatic rings. The molecule has 2 N–H and O–H groups in total. The Morgan fingerprint density at radius 1 is 0.963 bits per heavy atom. The number of hydrogen-bond acceptors (Lipinski definition) is 3. The molecule has 0 spiro atoms. The highest BCUT2D eigenvalue weighted by Gasteiger charge is 2.29. The maximum absolute atomic E-state index is 12.5. The van der Waals surface area contributed by atoms with E-state index >= 15 is 0 Å². The molecule has 1 aromatic heterocycles. The molecule has 0 unspecified atom stereocenters. The van der Waals surface area contributed by atoms with Crippen molar-refractivity contribution in [3.63, 3.8) is 0 Å². The third-order valence-corrected chi connectivity index (χ3v) is 5.29. The lowest BCUT2D eigenvalue weighted by Gasteiger charge is -2.27. The van der Waals surface area contributed by atoms with E-state index in [9.17, 15) is 9.59 Å². The van der Waals surface area contributed by atoms with Crippen LogP contribution in [0.3, 0.4) is 0 Å². The van der Waals surface area contributed by atoms with Gasteiger partial charge in [-0.15, -0.1) is 0 Å². The largest absolute Gasteiger partial charge is 0.352 e. The number of carbonyl (C=O) groups is 2. The van der Waals surface area contributed by atoms with E-state index in [4.69, 9.17) is 0 Å². The molecule has 1 aliphatic carbocycles. The van der Waals surface area contributed by atoms with Crippen LogP contribution in [0, 0.1) is 11.8 Å². The maximum Gasteiger partial charge on any atom is 0.227 e. The average Bonchev–Trinajstić information content (AvgIpc) is 2.73. The molecule has 1 heterocycles. The van der Waals surface area contributed by atoms with Crippen LogP contribution in [-0.4, -0.2) is 16.8 Å². The fourth-order valence-electron chi connectivity index (χ4n) is 3.52. The van der Waals surface area contributed by atoms with Crippen LogP contribution < -0.4 is 10.6 Å². The van der Waals surface area contributed by atoms with E-state index in [1.807, 2.05) is 36.4 Å². The second kappa shape index (κ2) is 9.31. The first-order valence-electron chi connectivity index (χ1n) is 9.72. The van der Waals surface area contributed by atoms with Gasteiger partial charge in [-0.05, 0) is 61.4 Å². The molecular weight excluding hydrogens is 338 g/mol. The summed E-state index contributed by atoms with van der Waals surface area (Å²) in [7, 11) is 0. The van der Waals surface area contributed by atoms with E-state index in [2.05, 4.69) is 22.5 Å². The Bertz CT molecular complexity index is 751. The Kier molecular flexibility index (Phi) is 6.58. The molecule has 0 aliphatic heterocycles. The van der Waals surface area contributed by atoms with Crippen molar-refractivity contribution < 1.29 is 9.59 Å². The van der Waals surface area contributed by atoms with Gasteiger partial charge in [-0.1, -0.05) is 25.1 Å². The molecule has 2 aromatic rings. The molecule has 142 valence electrons. The summed E-state index contributed by atoms with van der Waals surface area (Å²) in [5.41, 5.74) is 3.09. The zero-order chi connectivity index (χ0) is 19.1. The predicted molar refractivity (Wildman–Crippen MR) is 106 cm³/mol. The van der Waals surface area contributed by atoms with Gasteiger partial charge in [-0.25, -0.2) is 0 Å². The predicted octanol–water partition coefficient (Wildman–Crippen LogP) is 3.71. The Hall–Kier alpha value is -2.69. The van der Waals surface area contributed by atoms with Gasteiger partial charge in [0.25, 0.3) is 0 Å². The van der Waals surface area contributed by atoms with Crippen molar-refractivity contribution in [2.75, 3.05) is 5.32 Å². The number of benzene rings is 1. The first-order chi connectivity index (χ1) is 13.2. The third-order valence-electron chi connectivity index (χ3n) is 5.29. The molecule has 2 amide bonds. The molecule has 0 atom stereocenters. The van der Waals surface area contributed by atoms with Gasteiger partial charge in [0.2, 0.25) is 11.8 Å². The molecule has 1 fully saturated rings. The smallest absolute Gasteiger partial charge is 0.227 e. The zero-order valence-corrected chi connectivity index (χ0v) is 15.8. The summed E-state index contributed by atoms with van der Waals surface area (Å²) in [6.07, 6.45) is 7.48. The van der Waals surface area contributed by atoms with Crippen molar-refractivity contribution in [3.8, 4) is 0 Å². The van der Waals surface area contributed by atoms with Gasteiger partial charge in [0.1, 0.15) is 0 Å². The maximum atomic E-state index is 12.5. The monoisotopic (exact) mass is 365 g/mol. The minimum Gasteiger partial charge on any atom is -0.352 e. The van der Waals surface area contributed by atoms with Gasteiger partial charge in [-0.2, -0.15) is 0 Å². The lowest BCUT2D eigenvalue weighted by molar-refractivity contribution is -0.128. The van der Waals surface area contributed by atoms with Gasteiger partial charge in [0.05, 0.1) is 0 Å². The molecular formula is C22H27N3O2. The Morgan fingerprint density at radius 2 is 1.63 bits per heavy atom. The summed E-state index contributed by atoms with van der Waals surface area (Å²) in [5.74, 6) is 0.120. The zero-order valence-electron chi connectivity index (χ0n) is 15.8. The van der Waals surface area contributed by atoms with E-state index in [0.717, 1.165) is 43.4 Å². The normalized spacial score (nSPS) is 19.3. The van der Waals surface area contributed by atoms with E-state index in [1.54, 1.807) is 12.4 Å². The van der Waals surface area contributed by atoms with Gasteiger partial charge < -0.3 is 10.6 Å². The van der Waals surface area contributed by atoms with E-state index in [0.29, 0.717) is 6.54 Å². The number of amides is 2. The van der Waals surface area contributed by atoms with E-state index in [1.165, 1.54) is 5.56 Å². The highest BCUT2D eigenvalue weighted by Crippen LogP contribution is 2.30. The van der Waals surface area contributed by atoms with Crippen LogP contribution in [0.1, 0.15) is 43.7 Å². The van der Waals surface area contributed by atoms with Crippen LogP contribution >= 0.6 is 0 Å².